The lowest BCUT2D eigenvalue weighted by Gasteiger charge is -2.08. The second-order valence-corrected chi connectivity index (χ2v) is 5.54. The Kier molecular flexibility index (Phi) is 4.72. The Morgan fingerprint density at radius 2 is 2.00 bits per heavy atom. The van der Waals surface area contributed by atoms with E-state index in [2.05, 4.69) is 5.32 Å². The van der Waals surface area contributed by atoms with Gasteiger partial charge in [0.25, 0.3) is 0 Å². The van der Waals surface area contributed by atoms with Gasteiger partial charge in [0, 0.05) is 18.7 Å². The maximum absolute atomic E-state index is 13.2. The fourth-order valence-electron chi connectivity index (χ4n) is 1.31. The van der Waals surface area contributed by atoms with E-state index in [1.54, 1.807) is 0 Å². The number of hydrogen-bond donors (Lipinski definition) is 2. The predicted molar refractivity (Wildman–Crippen MR) is 64.3 cm³/mol. The molecule has 0 unspecified atom stereocenters. The van der Waals surface area contributed by atoms with Crippen molar-refractivity contribution >= 4 is 21.4 Å². The summed E-state index contributed by atoms with van der Waals surface area (Å²) in [4.78, 5) is 9.63. The van der Waals surface area contributed by atoms with Gasteiger partial charge in [0.15, 0.2) is 0 Å². The quantitative estimate of drug-likeness (QED) is 0.598. The number of nitro benzene ring substituents is 1. The fourth-order valence-corrected chi connectivity index (χ4v) is 1.88. The van der Waals surface area contributed by atoms with E-state index in [-0.39, 0.29) is 6.54 Å². The molecule has 7 nitrogen and oxygen atoms in total. The van der Waals surface area contributed by atoms with Gasteiger partial charge in [0.2, 0.25) is 15.8 Å². The average molecular weight is 295 g/mol. The van der Waals surface area contributed by atoms with Gasteiger partial charge in [-0.05, 0) is 7.05 Å². The molecule has 0 saturated heterocycles. The summed E-state index contributed by atoms with van der Waals surface area (Å²) in [6.45, 7) is -0.229. The average Bonchev–Trinajstić information content (AvgIpc) is 2.27. The smallest absolute Gasteiger partial charge is 0.327 e. The normalized spacial score (nSPS) is 11.3. The van der Waals surface area contributed by atoms with E-state index in [9.17, 15) is 27.3 Å². The van der Waals surface area contributed by atoms with E-state index >= 15 is 0 Å². The Bertz CT molecular complexity index is 591. The number of nitrogens with zero attached hydrogens (tertiary/aromatic N) is 1. The third kappa shape index (κ3) is 4.10. The molecule has 0 aliphatic carbocycles. The van der Waals surface area contributed by atoms with Crippen LogP contribution < -0.4 is 10.0 Å². The molecule has 19 heavy (non-hydrogen) atoms. The van der Waals surface area contributed by atoms with Gasteiger partial charge in [-0.1, -0.05) is 0 Å². The van der Waals surface area contributed by atoms with Gasteiger partial charge in [-0.2, -0.15) is 4.39 Å². The monoisotopic (exact) mass is 295 g/mol. The lowest BCUT2D eigenvalue weighted by atomic mass is 10.2. The molecule has 1 aromatic carbocycles. The number of nitrogens with one attached hydrogen (secondary N) is 2. The van der Waals surface area contributed by atoms with Crippen LogP contribution in [-0.4, -0.2) is 32.7 Å². The predicted octanol–water partition coefficient (Wildman–Crippen LogP) is 0.834. The first-order valence-corrected chi connectivity index (χ1v) is 6.70. The Morgan fingerprint density at radius 1 is 1.37 bits per heavy atom. The zero-order valence-electron chi connectivity index (χ0n) is 9.81. The summed E-state index contributed by atoms with van der Waals surface area (Å²) in [5.41, 5.74) is -1.34. The molecule has 0 amide bonds. The summed E-state index contributed by atoms with van der Waals surface area (Å²) in [5.74, 6) is -2.72. The standard InChI is InChI=1S/C9H11F2N3O4S/c1-12-19(17,18)3-2-13-8-5-6(10)4-7(11)9(8)14(15)16/h4-5,12-13H,2-3H2,1H3. The van der Waals surface area contributed by atoms with E-state index in [4.69, 9.17) is 0 Å². The number of rotatable bonds is 6. The first-order valence-electron chi connectivity index (χ1n) is 5.05. The Hall–Kier alpha value is -1.81. The summed E-state index contributed by atoms with van der Waals surface area (Å²) in [6, 6.07) is 1.11. The third-order valence-corrected chi connectivity index (χ3v) is 3.57. The van der Waals surface area contributed by atoms with Crippen LogP contribution in [0.25, 0.3) is 0 Å². The zero-order chi connectivity index (χ0) is 14.6. The van der Waals surface area contributed by atoms with Crippen LogP contribution in [0, 0.1) is 21.7 Å². The van der Waals surface area contributed by atoms with Crippen LogP contribution in [-0.2, 0) is 10.0 Å². The van der Waals surface area contributed by atoms with E-state index in [0.717, 1.165) is 6.07 Å². The second kappa shape index (κ2) is 5.89. The highest BCUT2D eigenvalue weighted by Crippen LogP contribution is 2.28. The van der Waals surface area contributed by atoms with Crippen molar-refractivity contribution in [3.63, 3.8) is 0 Å². The number of benzene rings is 1. The minimum atomic E-state index is -3.51. The molecule has 2 N–H and O–H groups in total. The van der Waals surface area contributed by atoms with Gasteiger partial charge in [-0.3, -0.25) is 10.1 Å². The molecule has 0 aliphatic heterocycles. The second-order valence-electron chi connectivity index (χ2n) is 3.49. The van der Waals surface area contributed by atoms with Crippen molar-refractivity contribution in [3.05, 3.63) is 33.9 Å². The van der Waals surface area contributed by atoms with Crippen LogP contribution in [0.1, 0.15) is 0 Å². The van der Waals surface area contributed by atoms with Crippen LogP contribution in [0.15, 0.2) is 12.1 Å². The highest BCUT2D eigenvalue weighted by atomic mass is 32.2. The van der Waals surface area contributed by atoms with E-state index < -0.39 is 43.7 Å². The Labute approximate surface area is 107 Å². The van der Waals surface area contributed by atoms with Crippen LogP contribution in [0.4, 0.5) is 20.2 Å². The lowest BCUT2D eigenvalue weighted by molar-refractivity contribution is -0.386. The number of anilines is 1. The fraction of sp³-hybridized carbons (Fsp3) is 0.333. The van der Waals surface area contributed by atoms with Gasteiger partial charge in [0.05, 0.1) is 10.7 Å². The molecular formula is C9H11F2N3O4S. The maximum atomic E-state index is 13.2. The molecule has 0 aromatic heterocycles. The summed E-state index contributed by atoms with van der Waals surface area (Å²) in [7, 11) is -2.30. The molecule has 1 aromatic rings. The van der Waals surface area contributed by atoms with Crippen LogP contribution in [0.2, 0.25) is 0 Å². The molecular weight excluding hydrogens is 284 g/mol. The summed E-state index contributed by atoms with van der Waals surface area (Å²) < 4.78 is 50.5. The Balaban J connectivity index is 2.92. The molecule has 0 radical (unpaired) electrons. The molecule has 1 rings (SSSR count). The third-order valence-electron chi connectivity index (χ3n) is 2.21. The molecule has 10 heteroatoms. The van der Waals surface area contributed by atoms with Gasteiger partial charge >= 0.3 is 5.69 Å². The number of sulfonamides is 1. The molecule has 0 atom stereocenters. The molecule has 0 bridgehead atoms. The zero-order valence-corrected chi connectivity index (χ0v) is 10.6. The van der Waals surface area contributed by atoms with E-state index in [1.807, 2.05) is 4.72 Å². The van der Waals surface area contributed by atoms with E-state index in [1.165, 1.54) is 7.05 Å². The van der Waals surface area contributed by atoms with Crippen LogP contribution in [0.3, 0.4) is 0 Å². The molecule has 0 fully saturated rings. The molecule has 0 aliphatic rings. The van der Waals surface area contributed by atoms with Crippen molar-refractivity contribution in [1.82, 2.24) is 4.72 Å². The minimum absolute atomic E-state index is 0.229. The highest BCUT2D eigenvalue weighted by molar-refractivity contribution is 7.89. The van der Waals surface area contributed by atoms with E-state index in [0.29, 0.717) is 6.07 Å². The topological polar surface area (TPSA) is 101 Å². The molecule has 0 heterocycles. The van der Waals surface area contributed by atoms with Gasteiger partial charge < -0.3 is 5.32 Å². The molecule has 0 saturated carbocycles. The largest absolute Gasteiger partial charge is 0.378 e. The van der Waals surface area contributed by atoms with Crippen LogP contribution >= 0.6 is 0 Å². The molecule has 106 valence electrons. The van der Waals surface area contributed by atoms with Crippen molar-refractivity contribution in [3.8, 4) is 0 Å². The maximum Gasteiger partial charge on any atom is 0.327 e. The van der Waals surface area contributed by atoms with Gasteiger partial charge in [-0.15, -0.1) is 0 Å². The van der Waals surface area contributed by atoms with Crippen molar-refractivity contribution in [2.45, 2.75) is 0 Å². The van der Waals surface area contributed by atoms with Crippen molar-refractivity contribution < 1.29 is 22.1 Å². The summed E-state index contributed by atoms with van der Waals surface area (Å²) in [5, 5.41) is 13.0. The molecule has 0 spiro atoms. The van der Waals surface area contributed by atoms with Crippen LogP contribution in [0.5, 0.6) is 0 Å². The van der Waals surface area contributed by atoms with Crippen molar-refractivity contribution in [2.24, 2.45) is 0 Å². The SMILES string of the molecule is CNS(=O)(=O)CCNc1cc(F)cc(F)c1[N+](=O)[O-]. The first kappa shape index (κ1) is 15.2. The van der Waals surface area contributed by atoms with Gasteiger partial charge in [-0.25, -0.2) is 17.5 Å². The van der Waals surface area contributed by atoms with Crippen molar-refractivity contribution in [2.75, 3.05) is 24.7 Å². The number of halogens is 2. The minimum Gasteiger partial charge on any atom is -0.378 e. The summed E-state index contributed by atoms with van der Waals surface area (Å²) in [6.07, 6.45) is 0. The van der Waals surface area contributed by atoms with Crippen molar-refractivity contribution in [1.29, 1.82) is 0 Å². The number of nitro groups is 1. The number of hydrogen-bond acceptors (Lipinski definition) is 5. The Morgan fingerprint density at radius 3 is 2.53 bits per heavy atom. The first-order chi connectivity index (χ1) is 8.76. The summed E-state index contributed by atoms with van der Waals surface area (Å²) >= 11 is 0. The highest BCUT2D eigenvalue weighted by Gasteiger charge is 2.22. The van der Waals surface area contributed by atoms with Gasteiger partial charge in [0.1, 0.15) is 11.5 Å². The lowest BCUT2D eigenvalue weighted by Crippen LogP contribution is -2.26.